The molecule has 106 valence electrons. The zero-order chi connectivity index (χ0) is 13.8. The van der Waals surface area contributed by atoms with Crippen LogP contribution >= 0.6 is 23.5 Å². The summed E-state index contributed by atoms with van der Waals surface area (Å²) in [5, 5.41) is 2.70. The summed E-state index contributed by atoms with van der Waals surface area (Å²) in [6.45, 7) is 5.24. The van der Waals surface area contributed by atoms with Crippen LogP contribution in [0.15, 0.2) is 0 Å². The molecule has 4 nitrogen and oxygen atoms in total. The molecule has 0 unspecified atom stereocenters. The van der Waals surface area contributed by atoms with E-state index in [0.717, 1.165) is 17.3 Å². The first-order valence-corrected chi connectivity index (χ1v) is 9.79. The Balaban J connectivity index is 2.35. The lowest BCUT2D eigenvalue weighted by Gasteiger charge is -2.22. The first-order valence-electron chi connectivity index (χ1n) is 5.93. The van der Waals surface area contributed by atoms with Crippen LogP contribution in [0.2, 0.25) is 0 Å². The van der Waals surface area contributed by atoms with Crippen molar-refractivity contribution in [2.75, 3.05) is 29.6 Å². The van der Waals surface area contributed by atoms with Crippen LogP contribution in [-0.2, 0) is 14.6 Å². The Bertz CT molecular complexity index is 381. The van der Waals surface area contributed by atoms with E-state index >= 15 is 0 Å². The van der Waals surface area contributed by atoms with Crippen molar-refractivity contribution < 1.29 is 13.2 Å². The van der Waals surface area contributed by atoms with Gasteiger partial charge in [0.25, 0.3) is 0 Å². The minimum Gasteiger partial charge on any atom is -0.354 e. The van der Waals surface area contributed by atoms with Gasteiger partial charge in [-0.2, -0.15) is 11.8 Å². The third-order valence-electron chi connectivity index (χ3n) is 2.71. The minimum absolute atomic E-state index is 0.00672. The average molecular weight is 311 g/mol. The van der Waals surface area contributed by atoms with Gasteiger partial charge >= 0.3 is 0 Å². The van der Waals surface area contributed by atoms with Gasteiger partial charge in [-0.3, -0.25) is 4.79 Å². The predicted molar refractivity (Wildman–Crippen MR) is 80.1 cm³/mol. The van der Waals surface area contributed by atoms with E-state index in [2.05, 4.69) is 5.32 Å². The summed E-state index contributed by atoms with van der Waals surface area (Å²) < 4.78 is 22.9. The molecular formula is C11H21NO3S3. The lowest BCUT2D eigenvalue weighted by molar-refractivity contribution is -0.120. The smallest absolute Gasteiger partial charge is 0.233 e. The van der Waals surface area contributed by atoms with Gasteiger partial charge in [-0.25, -0.2) is 8.42 Å². The van der Waals surface area contributed by atoms with Crippen LogP contribution in [0.4, 0.5) is 0 Å². The molecule has 0 aromatic heterocycles. The molecular weight excluding hydrogens is 290 g/mol. The van der Waals surface area contributed by atoms with Gasteiger partial charge in [0.15, 0.2) is 9.84 Å². The van der Waals surface area contributed by atoms with Gasteiger partial charge in [0.2, 0.25) is 5.91 Å². The highest BCUT2D eigenvalue weighted by Gasteiger charge is 2.29. The zero-order valence-corrected chi connectivity index (χ0v) is 13.5. The fourth-order valence-corrected chi connectivity index (χ4v) is 4.93. The fourth-order valence-electron chi connectivity index (χ4n) is 1.37. The van der Waals surface area contributed by atoms with Crippen molar-refractivity contribution in [2.24, 2.45) is 0 Å². The normalized spacial score (nSPS) is 21.6. The van der Waals surface area contributed by atoms with Crippen molar-refractivity contribution in [2.45, 2.75) is 30.8 Å². The molecule has 1 heterocycles. The maximum absolute atomic E-state index is 11.8. The first-order chi connectivity index (χ1) is 8.24. The van der Waals surface area contributed by atoms with E-state index in [0.29, 0.717) is 0 Å². The highest BCUT2D eigenvalue weighted by atomic mass is 32.2. The second kappa shape index (κ2) is 6.52. The van der Waals surface area contributed by atoms with Crippen molar-refractivity contribution in [3.63, 3.8) is 0 Å². The molecule has 1 aliphatic heterocycles. The molecule has 0 spiro atoms. The molecule has 0 aromatic rings. The number of amides is 1. The van der Waals surface area contributed by atoms with E-state index in [-0.39, 0.29) is 23.5 Å². The van der Waals surface area contributed by atoms with Crippen molar-refractivity contribution >= 4 is 39.3 Å². The Labute approximate surface area is 118 Å². The Morgan fingerprint density at radius 1 is 1.33 bits per heavy atom. The molecule has 1 saturated heterocycles. The monoisotopic (exact) mass is 311 g/mol. The zero-order valence-electron chi connectivity index (χ0n) is 11.1. The van der Waals surface area contributed by atoms with E-state index in [1.807, 2.05) is 0 Å². The number of hydrogen-bond acceptors (Lipinski definition) is 5. The number of carbonyl (C=O) groups excluding carboxylic acids is 1. The number of thioether (sulfide) groups is 2. The molecule has 1 aliphatic rings. The summed E-state index contributed by atoms with van der Waals surface area (Å²) in [4.78, 5) is 11.8. The lowest BCUT2D eigenvalue weighted by atomic mass is 10.3. The third kappa shape index (κ3) is 4.66. The maximum Gasteiger partial charge on any atom is 0.233 e. The second-order valence-corrected chi connectivity index (χ2v) is 10.5. The summed E-state index contributed by atoms with van der Waals surface area (Å²) in [5.74, 6) is 2.88. The van der Waals surface area contributed by atoms with Gasteiger partial charge in [-0.1, -0.05) is 0 Å². The Kier molecular flexibility index (Phi) is 5.86. The number of sulfone groups is 1. The molecule has 7 heteroatoms. The standard InChI is InChI=1S/C11H21NO3S3/c1-11(2,3)18(14,15)7-4-12-10(13)9-8-16-5-6-17-9/h9H,4-8H2,1-3H3,(H,12,13)/t9-/m1/s1. The van der Waals surface area contributed by atoms with Crippen LogP contribution in [0.1, 0.15) is 20.8 Å². The highest BCUT2D eigenvalue weighted by molar-refractivity contribution is 8.07. The molecule has 1 fully saturated rings. The molecule has 18 heavy (non-hydrogen) atoms. The van der Waals surface area contributed by atoms with Gasteiger partial charge < -0.3 is 5.32 Å². The van der Waals surface area contributed by atoms with Crippen molar-refractivity contribution in [1.29, 1.82) is 0 Å². The summed E-state index contributed by atoms with van der Waals surface area (Å²) in [6, 6.07) is 0. The van der Waals surface area contributed by atoms with Crippen molar-refractivity contribution in [3.8, 4) is 0 Å². The van der Waals surface area contributed by atoms with Crippen molar-refractivity contribution in [1.82, 2.24) is 5.32 Å². The number of nitrogens with one attached hydrogen (secondary N) is 1. The molecule has 1 atom stereocenters. The van der Waals surface area contributed by atoms with Gasteiger partial charge in [0.1, 0.15) is 0 Å². The van der Waals surface area contributed by atoms with Crippen molar-refractivity contribution in [3.05, 3.63) is 0 Å². The Morgan fingerprint density at radius 2 is 2.00 bits per heavy atom. The first kappa shape index (κ1) is 16.2. The van der Waals surface area contributed by atoms with Crippen LogP contribution in [0.5, 0.6) is 0 Å². The largest absolute Gasteiger partial charge is 0.354 e. The number of hydrogen-bond donors (Lipinski definition) is 1. The fraction of sp³-hybridized carbons (Fsp3) is 0.909. The molecule has 0 aliphatic carbocycles. The molecule has 1 amide bonds. The van der Waals surface area contributed by atoms with Crippen LogP contribution < -0.4 is 5.32 Å². The highest BCUT2D eigenvalue weighted by Crippen LogP contribution is 2.24. The number of carbonyl (C=O) groups is 1. The van der Waals surface area contributed by atoms with E-state index in [9.17, 15) is 13.2 Å². The summed E-state index contributed by atoms with van der Waals surface area (Å²) >= 11 is 3.43. The number of rotatable bonds is 4. The molecule has 0 bridgehead atoms. The predicted octanol–water partition coefficient (Wildman–Crippen LogP) is 1.16. The SMILES string of the molecule is CC(C)(C)S(=O)(=O)CCNC(=O)[C@H]1CSCCS1. The van der Waals surface area contributed by atoms with Gasteiger partial charge in [0.05, 0.1) is 15.7 Å². The van der Waals surface area contributed by atoms with E-state index in [4.69, 9.17) is 0 Å². The molecule has 0 radical (unpaired) electrons. The van der Waals surface area contributed by atoms with Crippen LogP contribution in [0.3, 0.4) is 0 Å². The van der Waals surface area contributed by atoms with Crippen LogP contribution in [0, 0.1) is 0 Å². The third-order valence-corrected chi connectivity index (χ3v) is 8.07. The molecule has 0 aromatic carbocycles. The van der Waals surface area contributed by atoms with Crippen LogP contribution in [0.25, 0.3) is 0 Å². The minimum atomic E-state index is -3.15. The van der Waals surface area contributed by atoms with Gasteiger partial charge in [-0.15, -0.1) is 11.8 Å². The van der Waals surface area contributed by atoms with E-state index < -0.39 is 14.6 Å². The molecule has 0 saturated carbocycles. The Hall–Kier alpha value is 0.120. The van der Waals surface area contributed by atoms with Gasteiger partial charge in [-0.05, 0) is 20.8 Å². The summed E-state index contributed by atoms with van der Waals surface area (Å²) in [5.41, 5.74) is 0. The topological polar surface area (TPSA) is 63.2 Å². The molecule has 1 rings (SSSR count). The molecule has 1 N–H and O–H groups in total. The quantitative estimate of drug-likeness (QED) is 0.844. The van der Waals surface area contributed by atoms with E-state index in [1.165, 1.54) is 0 Å². The average Bonchev–Trinajstić information content (AvgIpc) is 2.28. The van der Waals surface area contributed by atoms with E-state index in [1.54, 1.807) is 44.3 Å². The van der Waals surface area contributed by atoms with Gasteiger partial charge in [0, 0.05) is 23.8 Å². The summed E-state index contributed by atoms with van der Waals surface area (Å²) in [6.07, 6.45) is 0. The van der Waals surface area contributed by atoms with Crippen LogP contribution in [-0.4, -0.2) is 53.9 Å². The maximum atomic E-state index is 11.8. The summed E-state index contributed by atoms with van der Waals surface area (Å²) in [7, 11) is -3.15. The second-order valence-electron chi connectivity index (χ2n) is 5.16. The Morgan fingerprint density at radius 3 is 2.50 bits per heavy atom. The lowest BCUT2D eigenvalue weighted by Crippen LogP contribution is -2.40.